The van der Waals surface area contributed by atoms with Crippen LogP contribution in [0.3, 0.4) is 0 Å². The zero-order valence-corrected chi connectivity index (χ0v) is 18.0. The number of piperazine rings is 1. The van der Waals surface area contributed by atoms with Crippen LogP contribution < -0.4 is 20.7 Å². The van der Waals surface area contributed by atoms with E-state index in [0.717, 1.165) is 0 Å². The Labute approximate surface area is 182 Å². The van der Waals surface area contributed by atoms with E-state index in [1.807, 2.05) is 30.9 Å². The van der Waals surface area contributed by atoms with Crippen LogP contribution in [0.4, 0.5) is 11.4 Å². The maximum absolute atomic E-state index is 12.5. The van der Waals surface area contributed by atoms with E-state index in [0.29, 0.717) is 42.3 Å². The van der Waals surface area contributed by atoms with Crippen LogP contribution in [-0.4, -0.2) is 54.9 Å². The molecule has 8 heteroatoms. The van der Waals surface area contributed by atoms with Crippen molar-refractivity contribution >= 4 is 29.1 Å². The molecule has 0 unspecified atom stereocenters. The number of methoxy groups -OCH3 is 1. The highest BCUT2D eigenvalue weighted by molar-refractivity contribution is 6.05. The fourth-order valence-corrected chi connectivity index (χ4v) is 3.44. The molecule has 0 bridgehead atoms. The number of rotatable bonds is 7. The Bertz CT molecular complexity index is 956. The lowest BCUT2D eigenvalue weighted by Crippen LogP contribution is -2.62. The first-order valence-corrected chi connectivity index (χ1v) is 10.2. The Morgan fingerprint density at radius 2 is 1.81 bits per heavy atom. The SMILES string of the molecule is COc1ccccc1NC(=O)c1ccc(NC(=O)CCN2CCNC(=O)C2(C)C)cc1. The summed E-state index contributed by atoms with van der Waals surface area (Å²) in [7, 11) is 1.55. The van der Waals surface area contributed by atoms with E-state index >= 15 is 0 Å². The highest BCUT2D eigenvalue weighted by Crippen LogP contribution is 2.24. The van der Waals surface area contributed by atoms with Gasteiger partial charge in [0.25, 0.3) is 5.91 Å². The van der Waals surface area contributed by atoms with Crippen LogP contribution in [0.5, 0.6) is 5.75 Å². The summed E-state index contributed by atoms with van der Waals surface area (Å²) in [4.78, 5) is 38.9. The van der Waals surface area contributed by atoms with Crippen LogP contribution >= 0.6 is 0 Å². The fraction of sp³-hybridized carbons (Fsp3) is 0.348. The van der Waals surface area contributed by atoms with Gasteiger partial charge >= 0.3 is 0 Å². The van der Waals surface area contributed by atoms with Crippen molar-refractivity contribution < 1.29 is 19.1 Å². The van der Waals surface area contributed by atoms with Crippen molar-refractivity contribution in [1.82, 2.24) is 10.2 Å². The van der Waals surface area contributed by atoms with E-state index in [2.05, 4.69) is 16.0 Å². The maximum atomic E-state index is 12.5. The maximum Gasteiger partial charge on any atom is 0.255 e. The molecule has 8 nitrogen and oxygen atoms in total. The summed E-state index contributed by atoms with van der Waals surface area (Å²) in [6.07, 6.45) is 0.271. The molecule has 1 saturated heterocycles. The molecule has 0 saturated carbocycles. The minimum atomic E-state index is -0.630. The lowest BCUT2D eigenvalue weighted by Gasteiger charge is -2.41. The van der Waals surface area contributed by atoms with Crippen molar-refractivity contribution in [3.05, 3.63) is 54.1 Å². The van der Waals surface area contributed by atoms with Crippen molar-refractivity contribution in [2.45, 2.75) is 25.8 Å². The van der Waals surface area contributed by atoms with E-state index < -0.39 is 5.54 Å². The van der Waals surface area contributed by atoms with Gasteiger partial charge < -0.3 is 20.7 Å². The van der Waals surface area contributed by atoms with Crippen molar-refractivity contribution in [2.75, 3.05) is 37.4 Å². The Balaban J connectivity index is 1.53. The second kappa shape index (κ2) is 9.61. The highest BCUT2D eigenvalue weighted by atomic mass is 16.5. The summed E-state index contributed by atoms with van der Waals surface area (Å²) in [5, 5.41) is 8.50. The molecule has 1 heterocycles. The number of ether oxygens (including phenoxy) is 1. The summed E-state index contributed by atoms with van der Waals surface area (Å²) in [5.41, 5.74) is 1.02. The molecular formula is C23H28N4O4. The molecule has 0 atom stereocenters. The molecule has 164 valence electrons. The van der Waals surface area contributed by atoms with E-state index in [4.69, 9.17) is 4.74 Å². The number of anilines is 2. The molecule has 0 radical (unpaired) electrons. The number of benzene rings is 2. The van der Waals surface area contributed by atoms with Crippen molar-refractivity contribution in [3.63, 3.8) is 0 Å². The quantitative estimate of drug-likeness (QED) is 0.634. The Kier molecular flexibility index (Phi) is 6.91. The third-order valence-electron chi connectivity index (χ3n) is 5.41. The summed E-state index contributed by atoms with van der Waals surface area (Å²) < 4.78 is 5.24. The molecular weight excluding hydrogens is 396 g/mol. The van der Waals surface area contributed by atoms with Crippen LogP contribution in [0.15, 0.2) is 48.5 Å². The fourth-order valence-electron chi connectivity index (χ4n) is 3.44. The summed E-state index contributed by atoms with van der Waals surface area (Å²) in [5.74, 6) is 0.135. The number of nitrogens with one attached hydrogen (secondary N) is 3. The van der Waals surface area contributed by atoms with Crippen LogP contribution in [0.1, 0.15) is 30.6 Å². The predicted octanol–water partition coefficient (Wildman–Crippen LogP) is 2.49. The van der Waals surface area contributed by atoms with Gasteiger partial charge in [0.1, 0.15) is 5.75 Å². The third-order valence-corrected chi connectivity index (χ3v) is 5.41. The van der Waals surface area contributed by atoms with Crippen LogP contribution in [-0.2, 0) is 9.59 Å². The van der Waals surface area contributed by atoms with Gasteiger partial charge in [0, 0.05) is 37.3 Å². The first-order valence-electron chi connectivity index (χ1n) is 10.2. The second-order valence-corrected chi connectivity index (χ2v) is 7.83. The molecule has 2 aromatic carbocycles. The number of hydrogen-bond acceptors (Lipinski definition) is 5. The minimum Gasteiger partial charge on any atom is -0.495 e. The summed E-state index contributed by atoms with van der Waals surface area (Å²) >= 11 is 0. The van der Waals surface area contributed by atoms with Gasteiger partial charge in [-0.2, -0.15) is 0 Å². The Morgan fingerprint density at radius 3 is 2.52 bits per heavy atom. The molecule has 3 N–H and O–H groups in total. The van der Waals surface area contributed by atoms with Gasteiger partial charge in [-0.3, -0.25) is 19.3 Å². The van der Waals surface area contributed by atoms with Gasteiger partial charge in [-0.25, -0.2) is 0 Å². The average Bonchev–Trinajstić information content (AvgIpc) is 2.75. The van der Waals surface area contributed by atoms with E-state index in [-0.39, 0.29) is 24.1 Å². The van der Waals surface area contributed by atoms with Crippen molar-refractivity contribution in [3.8, 4) is 5.75 Å². The van der Waals surface area contributed by atoms with E-state index in [9.17, 15) is 14.4 Å². The molecule has 2 aromatic rings. The van der Waals surface area contributed by atoms with Gasteiger partial charge in [-0.05, 0) is 50.2 Å². The van der Waals surface area contributed by atoms with Gasteiger partial charge in [-0.1, -0.05) is 12.1 Å². The lowest BCUT2D eigenvalue weighted by atomic mass is 9.98. The average molecular weight is 425 g/mol. The van der Waals surface area contributed by atoms with Gasteiger partial charge in [0.2, 0.25) is 11.8 Å². The lowest BCUT2D eigenvalue weighted by molar-refractivity contribution is -0.135. The number of carbonyl (C=O) groups excluding carboxylic acids is 3. The highest BCUT2D eigenvalue weighted by Gasteiger charge is 2.37. The van der Waals surface area contributed by atoms with Crippen LogP contribution in [0.25, 0.3) is 0 Å². The number of hydrogen-bond donors (Lipinski definition) is 3. The standard InChI is InChI=1S/C23H28N4O4/c1-23(2)22(30)24-13-15-27(23)14-12-20(28)25-17-10-8-16(9-11-17)21(29)26-18-6-4-5-7-19(18)31-3/h4-11H,12-15H2,1-3H3,(H,24,30)(H,25,28)(H,26,29). The van der Waals surface area contributed by atoms with E-state index in [1.165, 1.54) is 0 Å². The molecule has 31 heavy (non-hydrogen) atoms. The smallest absolute Gasteiger partial charge is 0.255 e. The molecule has 3 rings (SSSR count). The molecule has 0 aliphatic carbocycles. The molecule has 0 aromatic heterocycles. The molecule has 3 amide bonds. The van der Waals surface area contributed by atoms with Gasteiger partial charge in [0.15, 0.2) is 0 Å². The predicted molar refractivity (Wildman–Crippen MR) is 119 cm³/mol. The zero-order chi connectivity index (χ0) is 22.4. The third kappa shape index (κ3) is 5.40. The first-order chi connectivity index (χ1) is 14.8. The van der Waals surface area contributed by atoms with Crippen molar-refractivity contribution in [2.24, 2.45) is 0 Å². The minimum absolute atomic E-state index is 0.0267. The number of para-hydroxylation sites is 2. The zero-order valence-electron chi connectivity index (χ0n) is 18.0. The van der Waals surface area contributed by atoms with Crippen molar-refractivity contribution in [1.29, 1.82) is 0 Å². The monoisotopic (exact) mass is 424 g/mol. The molecule has 0 spiro atoms. The second-order valence-electron chi connectivity index (χ2n) is 7.83. The Morgan fingerprint density at radius 1 is 1.10 bits per heavy atom. The molecule has 1 aliphatic heterocycles. The number of carbonyl (C=O) groups is 3. The number of nitrogens with zero attached hydrogens (tertiary/aromatic N) is 1. The normalized spacial score (nSPS) is 15.6. The molecule has 1 aliphatic rings. The van der Waals surface area contributed by atoms with Crippen LogP contribution in [0, 0.1) is 0 Å². The van der Waals surface area contributed by atoms with E-state index in [1.54, 1.807) is 43.5 Å². The Hall–Kier alpha value is -3.39. The topological polar surface area (TPSA) is 99.8 Å². The largest absolute Gasteiger partial charge is 0.495 e. The van der Waals surface area contributed by atoms with Gasteiger partial charge in [-0.15, -0.1) is 0 Å². The summed E-state index contributed by atoms with van der Waals surface area (Å²) in [6.45, 7) is 5.50. The summed E-state index contributed by atoms with van der Waals surface area (Å²) in [6, 6.07) is 13.9. The van der Waals surface area contributed by atoms with Crippen LogP contribution in [0.2, 0.25) is 0 Å². The molecule has 1 fully saturated rings. The first kappa shape index (κ1) is 22.3. The number of amides is 3. The van der Waals surface area contributed by atoms with Gasteiger partial charge in [0.05, 0.1) is 18.3 Å².